The second-order valence-electron chi connectivity index (χ2n) is 4.93. The fourth-order valence-electron chi connectivity index (χ4n) is 2.42. The standard InChI is InChI=1S/C14H22N2S/c1-11(15)14(13-9-5-6-10-16-13)17-12-7-3-2-4-8-12/h5-6,9-12,14H,2-4,7-8,15H2,1H3. The van der Waals surface area contributed by atoms with Crippen LogP contribution in [0.2, 0.25) is 0 Å². The van der Waals surface area contributed by atoms with E-state index in [0.717, 1.165) is 10.9 Å². The zero-order valence-electron chi connectivity index (χ0n) is 10.5. The molecular formula is C14H22N2S. The van der Waals surface area contributed by atoms with Gasteiger partial charge in [-0.25, -0.2) is 0 Å². The third-order valence-electron chi connectivity index (χ3n) is 3.35. The van der Waals surface area contributed by atoms with E-state index in [-0.39, 0.29) is 6.04 Å². The van der Waals surface area contributed by atoms with Crippen molar-refractivity contribution in [2.45, 2.75) is 55.6 Å². The van der Waals surface area contributed by atoms with Gasteiger partial charge in [-0.1, -0.05) is 25.3 Å². The van der Waals surface area contributed by atoms with Crippen molar-refractivity contribution in [2.24, 2.45) is 5.73 Å². The number of nitrogens with two attached hydrogens (primary N) is 1. The van der Waals surface area contributed by atoms with Crippen LogP contribution in [0, 0.1) is 0 Å². The molecule has 94 valence electrons. The van der Waals surface area contributed by atoms with Crippen LogP contribution in [-0.2, 0) is 0 Å². The maximum Gasteiger partial charge on any atom is 0.0621 e. The molecule has 0 aliphatic heterocycles. The maximum absolute atomic E-state index is 6.13. The first-order valence-corrected chi connectivity index (χ1v) is 7.53. The molecule has 0 bridgehead atoms. The third-order valence-corrected chi connectivity index (χ3v) is 5.17. The highest BCUT2D eigenvalue weighted by molar-refractivity contribution is 8.00. The largest absolute Gasteiger partial charge is 0.327 e. The Bertz CT molecular complexity index is 320. The molecule has 0 aromatic carbocycles. The first-order valence-electron chi connectivity index (χ1n) is 6.59. The fraction of sp³-hybridized carbons (Fsp3) is 0.643. The highest BCUT2D eigenvalue weighted by Gasteiger charge is 2.24. The van der Waals surface area contributed by atoms with E-state index in [1.165, 1.54) is 32.1 Å². The van der Waals surface area contributed by atoms with Crippen LogP contribution in [-0.4, -0.2) is 16.3 Å². The highest BCUT2D eigenvalue weighted by Crippen LogP contribution is 2.39. The molecule has 1 saturated carbocycles. The van der Waals surface area contributed by atoms with Gasteiger partial charge in [-0.3, -0.25) is 4.98 Å². The molecule has 1 fully saturated rings. The van der Waals surface area contributed by atoms with E-state index in [1.807, 2.05) is 24.0 Å². The fourth-order valence-corrected chi connectivity index (χ4v) is 3.96. The van der Waals surface area contributed by atoms with Gasteiger partial charge in [0.25, 0.3) is 0 Å². The van der Waals surface area contributed by atoms with Crippen molar-refractivity contribution >= 4 is 11.8 Å². The summed E-state index contributed by atoms with van der Waals surface area (Å²) in [5.74, 6) is 0. The Balaban J connectivity index is 2.02. The summed E-state index contributed by atoms with van der Waals surface area (Å²) in [6, 6.07) is 6.28. The predicted molar refractivity (Wildman–Crippen MR) is 75.1 cm³/mol. The predicted octanol–water partition coefficient (Wildman–Crippen LogP) is 3.54. The van der Waals surface area contributed by atoms with Crippen molar-refractivity contribution < 1.29 is 0 Å². The van der Waals surface area contributed by atoms with Crippen molar-refractivity contribution in [3.63, 3.8) is 0 Å². The molecule has 1 heterocycles. The molecule has 1 aliphatic rings. The van der Waals surface area contributed by atoms with Crippen molar-refractivity contribution in [3.05, 3.63) is 30.1 Å². The Kier molecular flexibility index (Phi) is 4.86. The monoisotopic (exact) mass is 250 g/mol. The van der Waals surface area contributed by atoms with Gasteiger partial charge in [0.1, 0.15) is 0 Å². The molecule has 2 atom stereocenters. The van der Waals surface area contributed by atoms with Crippen LogP contribution in [0.4, 0.5) is 0 Å². The zero-order valence-corrected chi connectivity index (χ0v) is 11.3. The van der Waals surface area contributed by atoms with Gasteiger partial charge in [0.15, 0.2) is 0 Å². The van der Waals surface area contributed by atoms with Crippen LogP contribution >= 0.6 is 11.8 Å². The summed E-state index contributed by atoms with van der Waals surface area (Å²) in [5.41, 5.74) is 7.26. The maximum atomic E-state index is 6.13. The summed E-state index contributed by atoms with van der Waals surface area (Å²) in [5, 5.41) is 1.13. The summed E-state index contributed by atoms with van der Waals surface area (Å²) in [6.45, 7) is 2.09. The smallest absolute Gasteiger partial charge is 0.0621 e. The number of rotatable bonds is 4. The number of aromatic nitrogens is 1. The van der Waals surface area contributed by atoms with Crippen LogP contribution in [0.15, 0.2) is 24.4 Å². The molecule has 1 aromatic heterocycles. The lowest BCUT2D eigenvalue weighted by molar-refractivity contribution is 0.513. The van der Waals surface area contributed by atoms with Crippen molar-refractivity contribution in [2.75, 3.05) is 0 Å². The first-order chi connectivity index (χ1) is 8.27. The van der Waals surface area contributed by atoms with E-state index in [2.05, 4.69) is 24.0 Å². The number of hydrogen-bond donors (Lipinski definition) is 1. The minimum atomic E-state index is 0.164. The van der Waals surface area contributed by atoms with Gasteiger partial charge in [-0.2, -0.15) is 0 Å². The van der Waals surface area contributed by atoms with Crippen LogP contribution in [0.1, 0.15) is 50.0 Å². The summed E-state index contributed by atoms with van der Waals surface area (Å²) < 4.78 is 0. The Hall–Kier alpha value is -0.540. The van der Waals surface area contributed by atoms with E-state index in [9.17, 15) is 0 Å². The van der Waals surface area contributed by atoms with E-state index in [1.54, 1.807) is 0 Å². The van der Waals surface area contributed by atoms with Crippen LogP contribution in [0.5, 0.6) is 0 Å². The Morgan fingerprint density at radius 3 is 2.65 bits per heavy atom. The molecule has 2 N–H and O–H groups in total. The first kappa shape index (κ1) is 12.9. The topological polar surface area (TPSA) is 38.9 Å². The minimum Gasteiger partial charge on any atom is -0.327 e. The quantitative estimate of drug-likeness (QED) is 0.888. The molecule has 2 nitrogen and oxygen atoms in total. The van der Waals surface area contributed by atoms with Gasteiger partial charge < -0.3 is 5.73 Å². The highest BCUT2D eigenvalue weighted by atomic mass is 32.2. The summed E-state index contributed by atoms with van der Waals surface area (Å²) in [7, 11) is 0. The Morgan fingerprint density at radius 1 is 1.29 bits per heavy atom. The van der Waals surface area contributed by atoms with Crippen LogP contribution < -0.4 is 5.73 Å². The van der Waals surface area contributed by atoms with Crippen molar-refractivity contribution in [1.29, 1.82) is 0 Å². The van der Waals surface area contributed by atoms with Gasteiger partial charge in [-0.05, 0) is 31.9 Å². The lowest BCUT2D eigenvalue weighted by Gasteiger charge is -2.28. The van der Waals surface area contributed by atoms with Crippen molar-refractivity contribution in [1.82, 2.24) is 4.98 Å². The zero-order chi connectivity index (χ0) is 12.1. The van der Waals surface area contributed by atoms with E-state index in [0.29, 0.717) is 5.25 Å². The van der Waals surface area contributed by atoms with Crippen LogP contribution in [0.3, 0.4) is 0 Å². The van der Waals surface area contributed by atoms with Gasteiger partial charge in [0.05, 0.1) is 10.9 Å². The molecule has 0 amide bonds. The molecule has 2 unspecified atom stereocenters. The molecular weight excluding hydrogens is 228 g/mol. The molecule has 2 rings (SSSR count). The lowest BCUT2D eigenvalue weighted by Crippen LogP contribution is -2.25. The van der Waals surface area contributed by atoms with E-state index in [4.69, 9.17) is 5.73 Å². The Morgan fingerprint density at radius 2 is 2.06 bits per heavy atom. The second kappa shape index (κ2) is 6.41. The van der Waals surface area contributed by atoms with Gasteiger partial charge in [0.2, 0.25) is 0 Å². The van der Waals surface area contributed by atoms with E-state index >= 15 is 0 Å². The number of nitrogens with zero attached hydrogens (tertiary/aromatic N) is 1. The summed E-state index contributed by atoms with van der Waals surface area (Å²) >= 11 is 2.04. The third kappa shape index (κ3) is 3.71. The average molecular weight is 250 g/mol. The van der Waals surface area contributed by atoms with Gasteiger partial charge in [0, 0.05) is 17.5 Å². The minimum absolute atomic E-state index is 0.164. The summed E-state index contributed by atoms with van der Waals surface area (Å²) in [4.78, 5) is 4.46. The number of thioether (sulfide) groups is 1. The SMILES string of the molecule is CC(N)C(SC1CCCCC1)c1ccccn1. The lowest BCUT2D eigenvalue weighted by atomic mass is 10.0. The summed E-state index contributed by atoms with van der Waals surface area (Å²) in [6.07, 6.45) is 8.73. The molecule has 3 heteroatoms. The van der Waals surface area contributed by atoms with E-state index < -0.39 is 0 Å². The molecule has 17 heavy (non-hydrogen) atoms. The number of pyridine rings is 1. The Labute approximate surface area is 108 Å². The van der Waals surface area contributed by atoms with Crippen LogP contribution in [0.25, 0.3) is 0 Å². The average Bonchev–Trinajstić information content (AvgIpc) is 2.38. The number of hydrogen-bond acceptors (Lipinski definition) is 3. The second-order valence-corrected chi connectivity index (χ2v) is 6.38. The molecule has 1 aliphatic carbocycles. The van der Waals surface area contributed by atoms with Crippen molar-refractivity contribution in [3.8, 4) is 0 Å². The molecule has 0 radical (unpaired) electrons. The normalized spacial score (nSPS) is 21.1. The van der Waals surface area contributed by atoms with Gasteiger partial charge >= 0.3 is 0 Å². The molecule has 0 spiro atoms. The van der Waals surface area contributed by atoms with Gasteiger partial charge in [-0.15, -0.1) is 11.8 Å². The molecule has 0 saturated heterocycles. The molecule has 1 aromatic rings.